The quantitative estimate of drug-likeness (QED) is 0.755. The molecule has 5 nitrogen and oxygen atoms in total. The minimum absolute atomic E-state index is 0.0572. The van der Waals surface area contributed by atoms with Gasteiger partial charge in [0.15, 0.2) is 0 Å². The molecule has 1 heterocycles. The number of aromatic nitrogens is 2. The van der Waals surface area contributed by atoms with E-state index >= 15 is 0 Å². The van der Waals surface area contributed by atoms with Crippen molar-refractivity contribution >= 4 is 11.6 Å². The van der Waals surface area contributed by atoms with E-state index in [0.717, 1.165) is 31.0 Å². The van der Waals surface area contributed by atoms with Gasteiger partial charge in [0, 0.05) is 23.4 Å². The Morgan fingerprint density at radius 2 is 2.06 bits per heavy atom. The van der Waals surface area contributed by atoms with E-state index in [-0.39, 0.29) is 17.4 Å². The molecule has 0 saturated heterocycles. The van der Waals surface area contributed by atoms with Crippen LogP contribution in [0.1, 0.15) is 39.4 Å². The summed E-state index contributed by atoms with van der Waals surface area (Å²) in [6, 6.07) is 1.74. The van der Waals surface area contributed by atoms with Crippen LogP contribution in [0.3, 0.4) is 0 Å². The van der Waals surface area contributed by atoms with Gasteiger partial charge in [0.25, 0.3) is 0 Å². The van der Waals surface area contributed by atoms with Crippen LogP contribution in [0, 0.1) is 5.41 Å². The van der Waals surface area contributed by atoms with E-state index < -0.39 is 0 Å². The average molecular weight is 250 g/mol. The number of aliphatic hydroxyl groups excluding tert-OH is 1. The fourth-order valence-corrected chi connectivity index (χ4v) is 1.74. The summed E-state index contributed by atoms with van der Waals surface area (Å²) in [5.74, 6) is 1.96. The van der Waals surface area contributed by atoms with E-state index in [4.69, 9.17) is 5.73 Å². The second-order valence-corrected chi connectivity index (χ2v) is 6.26. The Hall–Kier alpha value is -1.36. The Morgan fingerprint density at radius 1 is 1.39 bits per heavy atom. The molecule has 0 spiro atoms. The molecule has 0 amide bonds. The first-order valence-electron chi connectivity index (χ1n) is 6.34. The van der Waals surface area contributed by atoms with Gasteiger partial charge in [-0.25, -0.2) is 9.97 Å². The van der Waals surface area contributed by atoms with Gasteiger partial charge in [-0.2, -0.15) is 0 Å². The second-order valence-electron chi connectivity index (χ2n) is 6.26. The molecule has 1 aromatic heterocycles. The summed E-state index contributed by atoms with van der Waals surface area (Å²) >= 11 is 0. The molecule has 0 aromatic carbocycles. The molecule has 0 atom stereocenters. The maximum Gasteiger partial charge on any atom is 0.138 e. The number of nitrogens with zero attached hydrogens (tertiary/aromatic N) is 2. The van der Waals surface area contributed by atoms with Crippen molar-refractivity contribution in [3.63, 3.8) is 0 Å². The van der Waals surface area contributed by atoms with Crippen LogP contribution in [-0.4, -0.2) is 28.2 Å². The maximum atomic E-state index is 9.28. The molecule has 0 aliphatic heterocycles. The first-order valence-corrected chi connectivity index (χ1v) is 6.34. The molecule has 5 heteroatoms. The molecular weight excluding hydrogens is 228 g/mol. The molecule has 1 saturated carbocycles. The first kappa shape index (κ1) is 13.1. The fraction of sp³-hybridized carbons (Fsp3) is 0.692. The number of nitrogen functional groups attached to an aromatic ring is 1. The van der Waals surface area contributed by atoms with E-state index in [2.05, 4.69) is 36.1 Å². The van der Waals surface area contributed by atoms with Crippen LogP contribution in [-0.2, 0) is 5.41 Å². The van der Waals surface area contributed by atoms with Crippen molar-refractivity contribution in [3.8, 4) is 0 Å². The molecule has 1 aliphatic rings. The Balaban J connectivity index is 2.11. The lowest BCUT2D eigenvalue weighted by molar-refractivity contribution is 0.219. The number of hydrogen-bond donors (Lipinski definition) is 3. The van der Waals surface area contributed by atoms with Gasteiger partial charge in [-0.05, 0) is 12.8 Å². The lowest BCUT2D eigenvalue weighted by Crippen LogP contribution is -2.22. The Kier molecular flexibility index (Phi) is 3.19. The molecule has 0 radical (unpaired) electrons. The molecular formula is C13H22N4O. The van der Waals surface area contributed by atoms with Gasteiger partial charge in [0.1, 0.15) is 17.5 Å². The Bertz CT molecular complexity index is 435. The van der Waals surface area contributed by atoms with Gasteiger partial charge in [-0.3, -0.25) is 0 Å². The van der Waals surface area contributed by atoms with Crippen LogP contribution >= 0.6 is 0 Å². The number of nitrogens with one attached hydrogen (secondary N) is 1. The van der Waals surface area contributed by atoms with Crippen molar-refractivity contribution in [1.29, 1.82) is 0 Å². The van der Waals surface area contributed by atoms with E-state index in [1.165, 1.54) is 0 Å². The van der Waals surface area contributed by atoms with Gasteiger partial charge in [0.05, 0.1) is 6.61 Å². The minimum Gasteiger partial charge on any atom is -0.396 e. The largest absolute Gasteiger partial charge is 0.396 e. The summed E-state index contributed by atoms with van der Waals surface area (Å²) in [5.41, 5.74) is 5.74. The standard InChI is InChI=1S/C13H22N4O/c1-12(2,3)11-16-9(14)6-10(17-11)15-7-13(8-18)4-5-13/h6,18H,4-5,7-8H2,1-3H3,(H3,14,15,16,17). The monoisotopic (exact) mass is 250 g/mol. The van der Waals surface area contributed by atoms with Gasteiger partial charge in [-0.1, -0.05) is 20.8 Å². The molecule has 0 unspecified atom stereocenters. The Morgan fingerprint density at radius 3 is 2.56 bits per heavy atom. The summed E-state index contributed by atoms with van der Waals surface area (Å²) in [5, 5.41) is 12.5. The van der Waals surface area contributed by atoms with Gasteiger partial charge in [-0.15, -0.1) is 0 Å². The van der Waals surface area contributed by atoms with E-state index in [0.29, 0.717) is 5.82 Å². The van der Waals surface area contributed by atoms with Crippen LogP contribution in [0.5, 0.6) is 0 Å². The third kappa shape index (κ3) is 2.90. The smallest absolute Gasteiger partial charge is 0.138 e. The van der Waals surface area contributed by atoms with Gasteiger partial charge < -0.3 is 16.2 Å². The topological polar surface area (TPSA) is 84.1 Å². The predicted molar refractivity (Wildman–Crippen MR) is 72.4 cm³/mol. The first-order chi connectivity index (χ1) is 8.35. The number of hydrogen-bond acceptors (Lipinski definition) is 5. The molecule has 1 aliphatic carbocycles. The van der Waals surface area contributed by atoms with Gasteiger partial charge in [0.2, 0.25) is 0 Å². The highest BCUT2D eigenvalue weighted by molar-refractivity contribution is 5.45. The molecule has 1 aromatic rings. The SMILES string of the molecule is CC(C)(C)c1nc(N)cc(NCC2(CO)CC2)n1. The average Bonchev–Trinajstić information content (AvgIpc) is 3.05. The maximum absolute atomic E-state index is 9.28. The zero-order valence-electron chi connectivity index (χ0n) is 11.3. The third-order valence-electron chi connectivity index (χ3n) is 3.35. The minimum atomic E-state index is -0.125. The van der Waals surface area contributed by atoms with Crippen molar-refractivity contribution in [2.75, 3.05) is 24.2 Å². The highest BCUT2D eigenvalue weighted by Crippen LogP contribution is 2.44. The van der Waals surface area contributed by atoms with Crippen LogP contribution in [0.25, 0.3) is 0 Å². The third-order valence-corrected chi connectivity index (χ3v) is 3.35. The van der Waals surface area contributed by atoms with Gasteiger partial charge >= 0.3 is 0 Å². The number of nitrogens with two attached hydrogens (primary N) is 1. The van der Waals surface area contributed by atoms with Crippen LogP contribution in [0.4, 0.5) is 11.6 Å². The highest BCUT2D eigenvalue weighted by Gasteiger charge is 2.41. The summed E-state index contributed by atoms with van der Waals surface area (Å²) in [6.45, 7) is 7.14. The summed E-state index contributed by atoms with van der Waals surface area (Å²) in [4.78, 5) is 8.75. The van der Waals surface area contributed by atoms with Crippen molar-refractivity contribution < 1.29 is 5.11 Å². The van der Waals surface area contributed by atoms with Crippen molar-refractivity contribution in [1.82, 2.24) is 9.97 Å². The zero-order valence-corrected chi connectivity index (χ0v) is 11.3. The van der Waals surface area contributed by atoms with Crippen LogP contribution in [0.15, 0.2) is 6.07 Å². The molecule has 18 heavy (non-hydrogen) atoms. The molecule has 2 rings (SSSR count). The fourth-order valence-electron chi connectivity index (χ4n) is 1.74. The van der Waals surface area contributed by atoms with E-state index in [9.17, 15) is 5.11 Å². The zero-order chi connectivity index (χ0) is 13.4. The van der Waals surface area contributed by atoms with Crippen molar-refractivity contribution in [3.05, 3.63) is 11.9 Å². The molecule has 0 bridgehead atoms. The van der Waals surface area contributed by atoms with E-state index in [1.807, 2.05) is 0 Å². The lowest BCUT2D eigenvalue weighted by Gasteiger charge is -2.19. The summed E-state index contributed by atoms with van der Waals surface area (Å²) in [7, 11) is 0. The normalized spacial score (nSPS) is 17.6. The second kappa shape index (κ2) is 4.39. The Labute approximate surface area is 108 Å². The molecule has 4 N–H and O–H groups in total. The summed E-state index contributed by atoms with van der Waals surface area (Å²) in [6.07, 6.45) is 2.15. The van der Waals surface area contributed by atoms with Crippen LogP contribution < -0.4 is 11.1 Å². The van der Waals surface area contributed by atoms with Crippen LogP contribution in [0.2, 0.25) is 0 Å². The summed E-state index contributed by atoms with van der Waals surface area (Å²) < 4.78 is 0. The predicted octanol–water partition coefficient (Wildman–Crippen LogP) is 1.54. The molecule has 100 valence electrons. The highest BCUT2D eigenvalue weighted by atomic mass is 16.3. The number of anilines is 2. The van der Waals surface area contributed by atoms with Crippen molar-refractivity contribution in [2.24, 2.45) is 5.41 Å². The van der Waals surface area contributed by atoms with Crippen molar-refractivity contribution in [2.45, 2.75) is 39.0 Å². The number of rotatable bonds is 4. The van der Waals surface area contributed by atoms with E-state index in [1.54, 1.807) is 6.07 Å². The number of aliphatic hydroxyl groups is 1. The lowest BCUT2D eigenvalue weighted by atomic mass is 9.96. The molecule has 1 fully saturated rings.